The van der Waals surface area contributed by atoms with E-state index in [1.165, 1.54) is 32.1 Å². The third-order valence-corrected chi connectivity index (χ3v) is 5.77. The molecule has 2 amide bonds. The van der Waals surface area contributed by atoms with Crippen molar-refractivity contribution in [3.63, 3.8) is 0 Å². The number of rotatable bonds is 6. The first kappa shape index (κ1) is 17.3. The van der Waals surface area contributed by atoms with Gasteiger partial charge < -0.3 is 10.2 Å². The lowest BCUT2D eigenvalue weighted by Crippen LogP contribution is -2.38. The number of aromatic nitrogens is 2. The number of likely N-dealkylation sites (tertiary alicyclic amines) is 1. The number of aryl methyl sites for hydroxylation is 1. The van der Waals surface area contributed by atoms with E-state index in [1.807, 2.05) is 4.90 Å². The van der Waals surface area contributed by atoms with Gasteiger partial charge in [-0.3, -0.25) is 9.59 Å². The highest BCUT2D eigenvalue weighted by atomic mass is 32.1. The van der Waals surface area contributed by atoms with Gasteiger partial charge in [-0.15, -0.1) is 5.10 Å². The van der Waals surface area contributed by atoms with Gasteiger partial charge in [0.2, 0.25) is 5.91 Å². The van der Waals surface area contributed by atoms with Crippen molar-refractivity contribution in [3.05, 3.63) is 10.6 Å². The number of nitrogens with zero attached hydrogens (tertiary/aromatic N) is 3. The highest BCUT2D eigenvalue weighted by molar-refractivity contribution is 7.08. The standard InChI is InChI=1S/C17H26N4O2S/c1-2-6-14-16(24-20-19-14)17(23)18-13-9-15(22)21(11-13)10-12-7-4-3-5-8-12/h12-13H,2-11H2,1H3,(H,18,23)/t13-/m1/s1. The van der Waals surface area contributed by atoms with Crippen molar-refractivity contribution < 1.29 is 9.59 Å². The van der Waals surface area contributed by atoms with E-state index < -0.39 is 0 Å². The second kappa shape index (κ2) is 8.05. The molecule has 1 N–H and O–H groups in total. The minimum Gasteiger partial charge on any atom is -0.346 e. The molecule has 3 rings (SSSR count). The summed E-state index contributed by atoms with van der Waals surface area (Å²) in [4.78, 5) is 27.2. The summed E-state index contributed by atoms with van der Waals surface area (Å²) in [6.07, 6.45) is 8.46. The first-order valence-corrected chi connectivity index (χ1v) is 9.84. The highest BCUT2D eigenvalue weighted by Gasteiger charge is 2.33. The zero-order valence-electron chi connectivity index (χ0n) is 14.3. The van der Waals surface area contributed by atoms with Gasteiger partial charge >= 0.3 is 0 Å². The van der Waals surface area contributed by atoms with E-state index in [4.69, 9.17) is 0 Å². The Bertz CT molecular complexity index is 583. The fraction of sp³-hybridized carbons (Fsp3) is 0.765. The van der Waals surface area contributed by atoms with Crippen LogP contribution in [0.25, 0.3) is 0 Å². The molecule has 1 saturated carbocycles. The van der Waals surface area contributed by atoms with E-state index in [1.54, 1.807) is 0 Å². The van der Waals surface area contributed by atoms with Crippen LogP contribution in [0.2, 0.25) is 0 Å². The summed E-state index contributed by atoms with van der Waals surface area (Å²) >= 11 is 1.14. The number of amides is 2. The predicted octanol–water partition coefficient (Wildman–Crippen LogP) is 2.40. The Morgan fingerprint density at radius 3 is 2.88 bits per heavy atom. The third kappa shape index (κ3) is 4.12. The molecule has 24 heavy (non-hydrogen) atoms. The van der Waals surface area contributed by atoms with Crippen LogP contribution in [0, 0.1) is 5.92 Å². The zero-order chi connectivity index (χ0) is 16.9. The fourth-order valence-electron chi connectivity index (χ4n) is 3.76. The minimum atomic E-state index is -0.134. The Morgan fingerprint density at radius 1 is 1.33 bits per heavy atom. The van der Waals surface area contributed by atoms with Crippen LogP contribution < -0.4 is 5.32 Å². The quantitative estimate of drug-likeness (QED) is 0.855. The maximum absolute atomic E-state index is 12.5. The molecule has 1 aliphatic carbocycles. The van der Waals surface area contributed by atoms with Gasteiger partial charge in [0, 0.05) is 19.5 Å². The fourth-order valence-corrected chi connectivity index (χ4v) is 4.37. The van der Waals surface area contributed by atoms with Crippen LogP contribution in [0.1, 0.15) is 67.2 Å². The molecule has 1 saturated heterocycles. The molecule has 0 spiro atoms. The van der Waals surface area contributed by atoms with Crippen molar-refractivity contribution in [2.75, 3.05) is 13.1 Å². The molecule has 7 heteroatoms. The normalized spacial score (nSPS) is 22.1. The van der Waals surface area contributed by atoms with Gasteiger partial charge in [0.15, 0.2) is 0 Å². The summed E-state index contributed by atoms with van der Waals surface area (Å²) < 4.78 is 3.90. The van der Waals surface area contributed by atoms with Gasteiger partial charge in [0.25, 0.3) is 5.91 Å². The summed E-state index contributed by atoms with van der Waals surface area (Å²) in [7, 11) is 0. The Balaban J connectivity index is 1.53. The maximum Gasteiger partial charge on any atom is 0.265 e. The molecule has 2 aliphatic rings. The van der Waals surface area contributed by atoms with Crippen LogP contribution in [-0.4, -0.2) is 45.4 Å². The highest BCUT2D eigenvalue weighted by Crippen LogP contribution is 2.26. The van der Waals surface area contributed by atoms with Gasteiger partial charge in [-0.2, -0.15) is 0 Å². The Hall–Kier alpha value is -1.50. The van der Waals surface area contributed by atoms with Gasteiger partial charge in [-0.1, -0.05) is 37.1 Å². The van der Waals surface area contributed by atoms with E-state index in [2.05, 4.69) is 21.8 Å². The Labute approximate surface area is 147 Å². The average Bonchev–Trinajstić information content (AvgIpc) is 3.16. The smallest absolute Gasteiger partial charge is 0.265 e. The van der Waals surface area contributed by atoms with E-state index in [9.17, 15) is 9.59 Å². The number of carbonyl (C=O) groups excluding carboxylic acids is 2. The molecule has 2 fully saturated rings. The van der Waals surface area contributed by atoms with Crippen molar-refractivity contribution in [2.24, 2.45) is 5.92 Å². The van der Waals surface area contributed by atoms with E-state index in [0.29, 0.717) is 23.8 Å². The van der Waals surface area contributed by atoms with Crippen LogP contribution in [0.15, 0.2) is 0 Å². The van der Waals surface area contributed by atoms with Crippen LogP contribution in [0.5, 0.6) is 0 Å². The molecule has 2 heterocycles. The molecule has 1 atom stereocenters. The SMILES string of the molecule is CCCc1nnsc1C(=O)N[C@@H]1CC(=O)N(CC2CCCCC2)C1. The molecule has 1 aromatic rings. The van der Waals surface area contributed by atoms with Crippen LogP contribution in [0.3, 0.4) is 0 Å². The zero-order valence-corrected chi connectivity index (χ0v) is 15.1. The van der Waals surface area contributed by atoms with Crippen LogP contribution in [-0.2, 0) is 11.2 Å². The van der Waals surface area contributed by atoms with Crippen molar-refractivity contribution in [3.8, 4) is 0 Å². The first-order valence-electron chi connectivity index (χ1n) is 9.07. The summed E-state index contributed by atoms with van der Waals surface area (Å²) in [5.74, 6) is 0.673. The molecule has 1 aliphatic heterocycles. The Kier molecular flexibility index (Phi) is 5.81. The lowest BCUT2D eigenvalue weighted by Gasteiger charge is -2.27. The molecule has 0 unspecified atom stereocenters. The molecule has 0 aromatic carbocycles. The second-order valence-corrected chi connectivity index (χ2v) is 7.73. The van der Waals surface area contributed by atoms with Gasteiger partial charge in [0.05, 0.1) is 11.7 Å². The summed E-state index contributed by atoms with van der Waals surface area (Å²) in [5.41, 5.74) is 0.767. The minimum absolute atomic E-state index is 0.0924. The molecule has 0 radical (unpaired) electrons. The molecular formula is C17H26N4O2S. The lowest BCUT2D eigenvalue weighted by atomic mass is 9.89. The van der Waals surface area contributed by atoms with Crippen molar-refractivity contribution >= 4 is 23.3 Å². The predicted molar refractivity (Wildman–Crippen MR) is 92.9 cm³/mol. The number of hydrogen-bond donors (Lipinski definition) is 1. The first-order chi connectivity index (χ1) is 11.7. The van der Waals surface area contributed by atoms with Gasteiger partial charge in [-0.05, 0) is 36.7 Å². The van der Waals surface area contributed by atoms with Gasteiger partial charge in [0.1, 0.15) is 4.88 Å². The largest absolute Gasteiger partial charge is 0.346 e. The number of hydrogen-bond acceptors (Lipinski definition) is 5. The van der Waals surface area contributed by atoms with E-state index in [-0.39, 0.29) is 17.9 Å². The average molecular weight is 350 g/mol. The van der Waals surface area contributed by atoms with Crippen LogP contribution in [0.4, 0.5) is 0 Å². The monoisotopic (exact) mass is 350 g/mol. The number of carbonyl (C=O) groups is 2. The molecule has 132 valence electrons. The van der Waals surface area contributed by atoms with Crippen molar-refractivity contribution in [1.82, 2.24) is 19.8 Å². The van der Waals surface area contributed by atoms with Crippen molar-refractivity contribution in [2.45, 2.75) is 64.3 Å². The summed E-state index contributed by atoms with van der Waals surface area (Å²) in [6.45, 7) is 3.55. The topological polar surface area (TPSA) is 75.2 Å². The summed E-state index contributed by atoms with van der Waals surface area (Å²) in [6, 6.07) is -0.0924. The molecule has 0 bridgehead atoms. The Morgan fingerprint density at radius 2 is 2.12 bits per heavy atom. The van der Waals surface area contributed by atoms with Crippen molar-refractivity contribution in [1.29, 1.82) is 0 Å². The van der Waals surface area contributed by atoms with Gasteiger partial charge in [-0.25, -0.2) is 0 Å². The van der Waals surface area contributed by atoms with E-state index in [0.717, 1.165) is 36.6 Å². The molecule has 6 nitrogen and oxygen atoms in total. The summed E-state index contributed by atoms with van der Waals surface area (Å²) in [5, 5.41) is 7.05. The maximum atomic E-state index is 12.5. The molecule has 1 aromatic heterocycles. The second-order valence-electron chi connectivity index (χ2n) is 6.98. The van der Waals surface area contributed by atoms with Crippen LogP contribution >= 0.6 is 11.5 Å². The molecular weight excluding hydrogens is 324 g/mol. The number of nitrogens with one attached hydrogen (secondary N) is 1. The third-order valence-electron chi connectivity index (χ3n) is 5.00. The lowest BCUT2D eigenvalue weighted by molar-refractivity contribution is -0.128. The van der Waals surface area contributed by atoms with E-state index >= 15 is 0 Å².